The highest BCUT2D eigenvalue weighted by atomic mass is 16.3. The zero-order valence-corrected chi connectivity index (χ0v) is 17.2. The minimum absolute atomic E-state index is 0.149. The van der Waals surface area contributed by atoms with E-state index < -0.39 is 24.0 Å². The van der Waals surface area contributed by atoms with Gasteiger partial charge in [0.15, 0.2) is 12.2 Å². The van der Waals surface area contributed by atoms with E-state index in [0.717, 1.165) is 31.6 Å². The van der Waals surface area contributed by atoms with Gasteiger partial charge in [0, 0.05) is 32.7 Å². The van der Waals surface area contributed by atoms with Crippen LogP contribution >= 0.6 is 0 Å². The molecule has 158 valence electrons. The van der Waals surface area contributed by atoms with Gasteiger partial charge in [0.1, 0.15) is 6.07 Å². The second-order valence-corrected chi connectivity index (χ2v) is 7.74. The summed E-state index contributed by atoms with van der Waals surface area (Å²) >= 11 is 0. The lowest BCUT2D eigenvalue weighted by Crippen LogP contribution is -2.52. The first kappa shape index (κ1) is 22.7. The molecule has 1 fully saturated rings. The summed E-state index contributed by atoms with van der Waals surface area (Å²) in [6.45, 7) is 5.45. The Bertz CT molecular complexity index is 753. The van der Waals surface area contributed by atoms with Crippen molar-refractivity contribution in [2.24, 2.45) is 5.92 Å². The number of hydrogen-bond donors (Lipinski definition) is 3. The van der Waals surface area contributed by atoms with Crippen LogP contribution in [0.25, 0.3) is 0 Å². The van der Waals surface area contributed by atoms with Gasteiger partial charge in [0.25, 0.3) is 11.8 Å². The first-order valence-electron chi connectivity index (χ1n) is 9.90. The Kier molecular flexibility index (Phi) is 8.00. The van der Waals surface area contributed by atoms with Crippen molar-refractivity contribution in [3.8, 4) is 6.07 Å². The molecule has 3 N–H and O–H groups in total. The second kappa shape index (κ2) is 10.2. The quantitative estimate of drug-likeness (QED) is 0.611. The molecule has 1 aromatic carbocycles. The maximum absolute atomic E-state index is 12.2. The predicted molar refractivity (Wildman–Crippen MR) is 109 cm³/mol. The Morgan fingerprint density at radius 3 is 2.45 bits per heavy atom. The molecule has 0 bridgehead atoms. The van der Waals surface area contributed by atoms with E-state index in [9.17, 15) is 25.1 Å². The fraction of sp³-hybridized carbons (Fsp3) is 0.571. The number of benzene rings is 1. The van der Waals surface area contributed by atoms with Crippen molar-refractivity contribution in [3.05, 3.63) is 29.8 Å². The van der Waals surface area contributed by atoms with Crippen molar-refractivity contribution in [1.82, 2.24) is 10.2 Å². The third-order valence-electron chi connectivity index (χ3n) is 5.49. The summed E-state index contributed by atoms with van der Waals surface area (Å²) in [6, 6.07) is 9.54. The predicted octanol–water partition coefficient (Wildman–Crippen LogP) is 0.479. The molecule has 0 aromatic heterocycles. The number of aliphatic hydroxyl groups excluding tert-OH is 2. The van der Waals surface area contributed by atoms with E-state index in [2.05, 4.69) is 16.3 Å². The topological polar surface area (TPSA) is 117 Å². The molecule has 0 spiro atoms. The van der Waals surface area contributed by atoms with Crippen molar-refractivity contribution in [2.45, 2.75) is 44.9 Å². The molecule has 2 rings (SSSR count). The molecule has 29 heavy (non-hydrogen) atoms. The Hall–Kier alpha value is -2.63. The van der Waals surface area contributed by atoms with Crippen LogP contribution < -0.4 is 10.2 Å². The van der Waals surface area contributed by atoms with Gasteiger partial charge in [0.05, 0.1) is 11.3 Å². The third kappa shape index (κ3) is 5.68. The number of amides is 2. The summed E-state index contributed by atoms with van der Waals surface area (Å²) < 4.78 is 0. The second-order valence-electron chi connectivity index (χ2n) is 7.74. The zero-order chi connectivity index (χ0) is 21.6. The van der Waals surface area contributed by atoms with Crippen LogP contribution in [0.3, 0.4) is 0 Å². The van der Waals surface area contributed by atoms with Gasteiger partial charge in [-0.05, 0) is 44.7 Å². The largest absolute Gasteiger partial charge is 0.380 e. The molecule has 0 saturated carbocycles. The molecule has 1 aromatic rings. The SMILES string of the molecule is CC(C)N(C)C(=O)[C@H](O)[C@@H](O)C(=O)NCC1CCN(c2ccccc2C#N)CC1. The van der Waals surface area contributed by atoms with Crippen LogP contribution in [-0.2, 0) is 9.59 Å². The first-order chi connectivity index (χ1) is 13.8. The molecule has 1 aliphatic rings. The highest BCUT2D eigenvalue weighted by molar-refractivity contribution is 5.90. The summed E-state index contributed by atoms with van der Waals surface area (Å²) in [5.74, 6) is -1.21. The van der Waals surface area contributed by atoms with Crippen molar-refractivity contribution >= 4 is 17.5 Å². The van der Waals surface area contributed by atoms with Gasteiger partial charge in [0.2, 0.25) is 0 Å². The van der Waals surface area contributed by atoms with Gasteiger partial charge in [-0.15, -0.1) is 0 Å². The molecule has 1 saturated heterocycles. The molecule has 0 aliphatic carbocycles. The number of carbonyl (C=O) groups is 2. The number of carbonyl (C=O) groups excluding carboxylic acids is 2. The molecule has 0 unspecified atom stereocenters. The van der Waals surface area contributed by atoms with E-state index >= 15 is 0 Å². The van der Waals surface area contributed by atoms with Crippen molar-refractivity contribution in [3.63, 3.8) is 0 Å². The average Bonchev–Trinajstić information content (AvgIpc) is 2.75. The lowest BCUT2D eigenvalue weighted by Gasteiger charge is -2.34. The number of piperidine rings is 1. The van der Waals surface area contributed by atoms with E-state index in [1.807, 2.05) is 18.2 Å². The van der Waals surface area contributed by atoms with E-state index in [1.165, 1.54) is 11.9 Å². The number of nitrogens with zero attached hydrogens (tertiary/aromatic N) is 3. The monoisotopic (exact) mass is 402 g/mol. The Labute approximate surface area is 171 Å². The summed E-state index contributed by atoms with van der Waals surface area (Å²) in [6.07, 6.45) is -1.93. The molecule has 0 radical (unpaired) electrons. The smallest absolute Gasteiger partial charge is 0.254 e. The zero-order valence-electron chi connectivity index (χ0n) is 17.2. The van der Waals surface area contributed by atoms with Gasteiger partial charge in [-0.1, -0.05) is 12.1 Å². The van der Waals surface area contributed by atoms with Crippen LogP contribution in [0.2, 0.25) is 0 Å². The minimum atomic E-state index is -1.80. The number of aliphatic hydroxyl groups is 2. The standard InChI is InChI=1S/C21H30N4O4/c1-14(2)24(3)21(29)19(27)18(26)20(28)23-13-15-8-10-25(11-9-15)17-7-5-4-6-16(17)12-22/h4-7,14-15,18-19,26-27H,8-11,13H2,1-3H3,(H,23,28)/t18-,19-/m1/s1. The van der Waals surface area contributed by atoms with E-state index in [-0.39, 0.29) is 12.0 Å². The summed E-state index contributed by atoms with van der Waals surface area (Å²) in [4.78, 5) is 27.7. The molecule has 1 aliphatic heterocycles. The highest BCUT2D eigenvalue weighted by Gasteiger charge is 2.33. The summed E-state index contributed by atoms with van der Waals surface area (Å²) in [5, 5.41) is 31.9. The molecule has 2 atom stereocenters. The van der Waals surface area contributed by atoms with Crippen molar-refractivity contribution in [1.29, 1.82) is 5.26 Å². The van der Waals surface area contributed by atoms with Crippen LogP contribution in [0.5, 0.6) is 0 Å². The minimum Gasteiger partial charge on any atom is -0.380 e. The number of likely N-dealkylation sites (N-methyl/N-ethyl adjacent to an activating group) is 1. The molecule has 8 nitrogen and oxygen atoms in total. The van der Waals surface area contributed by atoms with Crippen LogP contribution in [0.15, 0.2) is 24.3 Å². The number of hydrogen-bond acceptors (Lipinski definition) is 6. The fourth-order valence-corrected chi connectivity index (χ4v) is 3.31. The van der Waals surface area contributed by atoms with E-state index in [1.54, 1.807) is 19.9 Å². The number of nitriles is 1. The lowest BCUT2D eigenvalue weighted by molar-refractivity contribution is -0.153. The van der Waals surface area contributed by atoms with Crippen molar-refractivity contribution < 1.29 is 19.8 Å². The Morgan fingerprint density at radius 1 is 1.24 bits per heavy atom. The van der Waals surface area contributed by atoms with Gasteiger partial charge in [-0.3, -0.25) is 9.59 Å². The highest BCUT2D eigenvalue weighted by Crippen LogP contribution is 2.25. The number of nitrogens with one attached hydrogen (secondary N) is 1. The fourth-order valence-electron chi connectivity index (χ4n) is 3.31. The van der Waals surface area contributed by atoms with Gasteiger partial charge in [-0.25, -0.2) is 0 Å². The molecule has 1 heterocycles. The molecule has 2 amide bonds. The van der Waals surface area contributed by atoms with Gasteiger partial charge >= 0.3 is 0 Å². The Morgan fingerprint density at radius 2 is 1.86 bits per heavy atom. The normalized spacial score (nSPS) is 16.8. The van der Waals surface area contributed by atoms with Gasteiger partial charge < -0.3 is 25.3 Å². The third-order valence-corrected chi connectivity index (χ3v) is 5.49. The number of rotatable bonds is 7. The number of anilines is 1. The maximum Gasteiger partial charge on any atom is 0.254 e. The maximum atomic E-state index is 12.2. The molecule has 8 heteroatoms. The van der Waals surface area contributed by atoms with E-state index in [0.29, 0.717) is 12.1 Å². The average molecular weight is 402 g/mol. The summed E-state index contributed by atoms with van der Waals surface area (Å²) in [5.41, 5.74) is 1.57. The first-order valence-corrected chi connectivity index (χ1v) is 9.90. The lowest BCUT2D eigenvalue weighted by atomic mass is 9.95. The van der Waals surface area contributed by atoms with E-state index in [4.69, 9.17) is 0 Å². The van der Waals surface area contributed by atoms with Crippen LogP contribution in [-0.4, -0.2) is 71.9 Å². The van der Waals surface area contributed by atoms with Crippen LogP contribution in [0.4, 0.5) is 5.69 Å². The Balaban J connectivity index is 1.82. The number of para-hydroxylation sites is 1. The summed E-state index contributed by atoms with van der Waals surface area (Å²) in [7, 11) is 1.51. The van der Waals surface area contributed by atoms with Crippen molar-refractivity contribution in [2.75, 3.05) is 31.6 Å². The van der Waals surface area contributed by atoms with Gasteiger partial charge in [-0.2, -0.15) is 5.26 Å². The van der Waals surface area contributed by atoms with Crippen LogP contribution in [0, 0.1) is 17.2 Å². The molecular weight excluding hydrogens is 372 g/mol. The molecular formula is C21H30N4O4. The van der Waals surface area contributed by atoms with Crippen LogP contribution in [0.1, 0.15) is 32.3 Å².